The van der Waals surface area contributed by atoms with Crippen molar-refractivity contribution in [3.05, 3.63) is 51.4 Å². The second kappa shape index (κ2) is 6.63. The average molecular weight is 324 g/mol. The molecule has 0 radical (unpaired) electrons. The molecule has 2 rings (SSSR count). The van der Waals surface area contributed by atoms with Crippen LogP contribution in [0.3, 0.4) is 0 Å². The van der Waals surface area contributed by atoms with Crippen LogP contribution in [0.25, 0.3) is 0 Å². The van der Waals surface area contributed by atoms with Crippen molar-refractivity contribution in [2.24, 2.45) is 0 Å². The van der Waals surface area contributed by atoms with E-state index in [-0.39, 0.29) is 6.04 Å². The van der Waals surface area contributed by atoms with E-state index in [0.29, 0.717) is 16.0 Å². The minimum Gasteiger partial charge on any atom is -0.363 e. The first kappa shape index (κ1) is 16.1. The van der Waals surface area contributed by atoms with Crippen LogP contribution in [0, 0.1) is 6.92 Å². The van der Waals surface area contributed by atoms with Crippen molar-refractivity contribution >= 4 is 29.0 Å². The van der Waals surface area contributed by atoms with Gasteiger partial charge in [-0.2, -0.15) is 0 Å². The number of nitrogens with one attached hydrogen (secondary N) is 1. The molecule has 1 aromatic carbocycles. The molecular formula is C16H19Cl2N3. The molecule has 0 amide bonds. The van der Waals surface area contributed by atoms with Gasteiger partial charge >= 0.3 is 0 Å². The van der Waals surface area contributed by atoms with E-state index in [1.165, 1.54) is 0 Å². The van der Waals surface area contributed by atoms with Gasteiger partial charge in [-0.3, -0.25) is 0 Å². The van der Waals surface area contributed by atoms with E-state index in [1.807, 2.05) is 32.0 Å². The largest absolute Gasteiger partial charge is 0.363 e. The standard InChI is InChI=1S/C16H19Cl2N3/c1-9(2)16-19-10(3)7-15(21-16)20-11(4)13-6-5-12(17)8-14(13)18/h5-9,11H,1-4H3,(H,19,20,21). The fourth-order valence-corrected chi connectivity index (χ4v) is 2.65. The Hall–Kier alpha value is -1.32. The molecule has 2 aromatic rings. The molecule has 1 atom stereocenters. The second-order valence-corrected chi connectivity index (χ2v) is 6.28. The molecule has 1 heterocycles. The van der Waals surface area contributed by atoms with Crippen LogP contribution in [0.15, 0.2) is 24.3 Å². The summed E-state index contributed by atoms with van der Waals surface area (Å²) >= 11 is 12.2. The summed E-state index contributed by atoms with van der Waals surface area (Å²) in [5.74, 6) is 1.94. The van der Waals surface area contributed by atoms with Gasteiger partial charge in [0.15, 0.2) is 0 Å². The average Bonchev–Trinajstić information content (AvgIpc) is 2.37. The normalized spacial score (nSPS) is 12.5. The highest BCUT2D eigenvalue weighted by Gasteiger charge is 2.12. The quantitative estimate of drug-likeness (QED) is 0.819. The van der Waals surface area contributed by atoms with Gasteiger partial charge in [-0.25, -0.2) is 9.97 Å². The highest BCUT2D eigenvalue weighted by atomic mass is 35.5. The number of hydrogen-bond donors (Lipinski definition) is 1. The van der Waals surface area contributed by atoms with Gasteiger partial charge in [0.25, 0.3) is 0 Å². The summed E-state index contributed by atoms with van der Waals surface area (Å²) in [5, 5.41) is 4.66. The van der Waals surface area contributed by atoms with Crippen LogP contribution in [0.5, 0.6) is 0 Å². The first-order valence-electron chi connectivity index (χ1n) is 6.94. The third-order valence-corrected chi connectivity index (χ3v) is 3.74. The van der Waals surface area contributed by atoms with Gasteiger partial charge in [-0.15, -0.1) is 0 Å². The minimum atomic E-state index is 0.0316. The zero-order valence-corrected chi connectivity index (χ0v) is 14.1. The zero-order chi connectivity index (χ0) is 15.6. The molecule has 0 aliphatic heterocycles. The van der Waals surface area contributed by atoms with Crippen LogP contribution < -0.4 is 5.32 Å². The van der Waals surface area contributed by atoms with Gasteiger partial charge < -0.3 is 5.32 Å². The molecule has 0 spiro atoms. The molecule has 1 N–H and O–H groups in total. The summed E-state index contributed by atoms with van der Waals surface area (Å²) in [7, 11) is 0. The maximum Gasteiger partial charge on any atom is 0.133 e. The van der Waals surface area contributed by atoms with Gasteiger partial charge in [-0.1, -0.05) is 43.1 Å². The van der Waals surface area contributed by atoms with E-state index in [9.17, 15) is 0 Å². The van der Waals surface area contributed by atoms with Crippen molar-refractivity contribution in [3.63, 3.8) is 0 Å². The van der Waals surface area contributed by atoms with Crippen molar-refractivity contribution in [1.82, 2.24) is 9.97 Å². The Balaban J connectivity index is 2.25. The van der Waals surface area contributed by atoms with Gasteiger partial charge in [0.2, 0.25) is 0 Å². The monoisotopic (exact) mass is 323 g/mol. The number of halogens is 2. The summed E-state index contributed by atoms with van der Waals surface area (Å²) in [6, 6.07) is 7.49. The molecule has 0 saturated carbocycles. The molecule has 0 saturated heterocycles. The van der Waals surface area contributed by atoms with Crippen molar-refractivity contribution in [1.29, 1.82) is 0 Å². The second-order valence-electron chi connectivity index (χ2n) is 5.44. The Bertz CT molecular complexity index is 641. The van der Waals surface area contributed by atoms with Crippen LogP contribution >= 0.6 is 23.2 Å². The Labute approximate surface area is 135 Å². The zero-order valence-electron chi connectivity index (χ0n) is 12.6. The lowest BCUT2D eigenvalue weighted by Crippen LogP contribution is -2.11. The molecule has 3 nitrogen and oxygen atoms in total. The Kier molecular flexibility index (Phi) is 5.07. The lowest BCUT2D eigenvalue weighted by Gasteiger charge is -2.18. The van der Waals surface area contributed by atoms with Crippen LogP contribution in [-0.2, 0) is 0 Å². The molecule has 0 aliphatic carbocycles. The SMILES string of the molecule is Cc1cc(NC(C)c2ccc(Cl)cc2Cl)nc(C(C)C)n1. The van der Waals surface area contributed by atoms with Crippen LogP contribution in [0.4, 0.5) is 5.82 Å². The molecule has 5 heteroatoms. The summed E-state index contributed by atoms with van der Waals surface area (Å²) in [5.41, 5.74) is 1.94. The van der Waals surface area contributed by atoms with Crippen LogP contribution in [0.1, 0.15) is 49.8 Å². The fraction of sp³-hybridized carbons (Fsp3) is 0.375. The Morgan fingerprint density at radius 3 is 2.38 bits per heavy atom. The van der Waals surface area contributed by atoms with E-state index in [1.54, 1.807) is 6.07 Å². The molecule has 1 unspecified atom stereocenters. The van der Waals surface area contributed by atoms with Crippen molar-refractivity contribution in [2.75, 3.05) is 5.32 Å². The van der Waals surface area contributed by atoms with Crippen LogP contribution in [0.2, 0.25) is 10.0 Å². The van der Waals surface area contributed by atoms with Gasteiger partial charge in [0.05, 0.1) is 6.04 Å². The van der Waals surface area contributed by atoms with Crippen molar-refractivity contribution in [3.8, 4) is 0 Å². The molecule has 21 heavy (non-hydrogen) atoms. The smallest absolute Gasteiger partial charge is 0.133 e. The number of rotatable bonds is 4. The van der Waals surface area contributed by atoms with Crippen molar-refractivity contribution in [2.45, 2.75) is 39.7 Å². The minimum absolute atomic E-state index is 0.0316. The summed E-state index contributed by atoms with van der Waals surface area (Å²) < 4.78 is 0. The lowest BCUT2D eigenvalue weighted by atomic mass is 10.1. The van der Waals surface area contributed by atoms with E-state index >= 15 is 0 Å². The fourth-order valence-electron chi connectivity index (χ4n) is 2.08. The van der Waals surface area contributed by atoms with Crippen LogP contribution in [-0.4, -0.2) is 9.97 Å². The third kappa shape index (κ3) is 4.08. The Morgan fingerprint density at radius 1 is 1.05 bits per heavy atom. The van der Waals surface area contributed by atoms with Gasteiger partial charge in [0, 0.05) is 27.7 Å². The predicted octanol–water partition coefficient (Wildman–Crippen LogP) is 5.39. The molecular weight excluding hydrogens is 305 g/mol. The summed E-state index contributed by atoms with van der Waals surface area (Å²) in [6.07, 6.45) is 0. The highest BCUT2D eigenvalue weighted by Crippen LogP contribution is 2.28. The first-order valence-corrected chi connectivity index (χ1v) is 7.69. The number of benzene rings is 1. The molecule has 112 valence electrons. The number of aromatic nitrogens is 2. The van der Waals surface area contributed by atoms with E-state index in [0.717, 1.165) is 22.9 Å². The highest BCUT2D eigenvalue weighted by molar-refractivity contribution is 6.35. The number of nitrogens with zero attached hydrogens (tertiary/aromatic N) is 2. The maximum atomic E-state index is 6.25. The molecule has 0 bridgehead atoms. The first-order chi connectivity index (χ1) is 9.86. The molecule has 1 aromatic heterocycles. The predicted molar refractivity (Wildman–Crippen MR) is 89.4 cm³/mol. The number of hydrogen-bond acceptors (Lipinski definition) is 3. The van der Waals surface area contributed by atoms with E-state index < -0.39 is 0 Å². The molecule has 0 aliphatic rings. The van der Waals surface area contributed by atoms with Gasteiger partial charge in [0.1, 0.15) is 11.6 Å². The Morgan fingerprint density at radius 2 is 1.76 bits per heavy atom. The topological polar surface area (TPSA) is 37.8 Å². The van der Waals surface area contributed by atoms with Gasteiger partial charge in [-0.05, 0) is 31.5 Å². The van der Waals surface area contributed by atoms with Crippen molar-refractivity contribution < 1.29 is 0 Å². The number of anilines is 1. The summed E-state index contributed by atoms with van der Waals surface area (Å²) in [6.45, 7) is 8.18. The van der Waals surface area contributed by atoms with E-state index in [2.05, 4.69) is 29.1 Å². The third-order valence-electron chi connectivity index (χ3n) is 3.18. The lowest BCUT2D eigenvalue weighted by molar-refractivity contribution is 0.761. The van der Waals surface area contributed by atoms with E-state index in [4.69, 9.17) is 23.2 Å². The number of aryl methyl sites for hydroxylation is 1. The summed E-state index contributed by atoms with van der Waals surface area (Å²) in [4.78, 5) is 9.00. The molecule has 0 fully saturated rings. The maximum absolute atomic E-state index is 6.25.